The highest BCUT2D eigenvalue weighted by atomic mass is 15.3. The normalized spacial score (nSPS) is 35.4. The summed E-state index contributed by atoms with van der Waals surface area (Å²) < 4.78 is 0. The van der Waals surface area contributed by atoms with Crippen molar-refractivity contribution in [3.8, 4) is 0 Å². The number of benzene rings is 1. The summed E-state index contributed by atoms with van der Waals surface area (Å²) in [6.07, 6.45) is 4.13. The SMILES string of the molecule is CC1CCCN(C2CC2c2ccccc2)C1(C)C. The number of rotatable bonds is 2. The quantitative estimate of drug-likeness (QED) is 0.757. The average molecular weight is 243 g/mol. The molecule has 0 bridgehead atoms. The molecule has 1 aliphatic heterocycles. The van der Waals surface area contributed by atoms with Crippen molar-refractivity contribution in [2.75, 3.05) is 6.54 Å². The van der Waals surface area contributed by atoms with Crippen molar-refractivity contribution in [2.45, 2.75) is 57.5 Å². The van der Waals surface area contributed by atoms with Gasteiger partial charge < -0.3 is 0 Å². The molecule has 0 spiro atoms. The second-order valence-electron chi connectivity index (χ2n) is 6.71. The van der Waals surface area contributed by atoms with Crippen molar-refractivity contribution in [3.05, 3.63) is 35.9 Å². The van der Waals surface area contributed by atoms with Crippen LogP contribution in [0.25, 0.3) is 0 Å². The molecule has 0 N–H and O–H groups in total. The lowest BCUT2D eigenvalue weighted by atomic mass is 9.80. The third kappa shape index (κ3) is 1.99. The predicted octanol–water partition coefficient (Wildman–Crippen LogP) is 4.05. The van der Waals surface area contributed by atoms with E-state index in [1.165, 1.54) is 31.4 Å². The van der Waals surface area contributed by atoms with Crippen LogP contribution in [-0.2, 0) is 0 Å². The van der Waals surface area contributed by atoms with Gasteiger partial charge in [-0.2, -0.15) is 0 Å². The molecular formula is C17H25N. The van der Waals surface area contributed by atoms with Crippen LogP contribution in [0.3, 0.4) is 0 Å². The topological polar surface area (TPSA) is 3.24 Å². The molecule has 0 aromatic heterocycles. The van der Waals surface area contributed by atoms with Gasteiger partial charge in [-0.15, -0.1) is 0 Å². The van der Waals surface area contributed by atoms with Crippen LogP contribution in [0, 0.1) is 5.92 Å². The van der Waals surface area contributed by atoms with Crippen LogP contribution >= 0.6 is 0 Å². The molecule has 1 saturated carbocycles. The fourth-order valence-corrected chi connectivity index (χ4v) is 3.67. The Morgan fingerprint density at radius 3 is 2.61 bits per heavy atom. The van der Waals surface area contributed by atoms with Crippen LogP contribution in [-0.4, -0.2) is 23.0 Å². The zero-order valence-electron chi connectivity index (χ0n) is 11.9. The largest absolute Gasteiger partial charge is 0.294 e. The number of hydrogen-bond donors (Lipinski definition) is 0. The highest BCUT2D eigenvalue weighted by Crippen LogP contribution is 2.49. The Kier molecular flexibility index (Phi) is 2.97. The number of likely N-dealkylation sites (tertiary alicyclic amines) is 1. The molecule has 1 nitrogen and oxygen atoms in total. The van der Waals surface area contributed by atoms with Gasteiger partial charge in [0, 0.05) is 17.5 Å². The standard InChI is InChI=1S/C17H25N/c1-13-8-7-11-18(17(13,2)3)16-12-15(16)14-9-5-4-6-10-14/h4-6,9-10,13,15-16H,7-8,11-12H2,1-3H3. The Bertz CT molecular complexity index is 409. The molecule has 2 aliphatic rings. The highest BCUT2D eigenvalue weighted by molar-refractivity contribution is 5.28. The number of piperidine rings is 1. The minimum absolute atomic E-state index is 0.381. The van der Waals surface area contributed by atoms with E-state index in [4.69, 9.17) is 0 Å². The summed E-state index contributed by atoms with van der Waals surface area (Å²) in [6.45, 7) is 8.60. The molecule has 2 fully saturated rings. The molecule has 1 saturated heterocycles. The second kappa shape index (κ2) is 4.38. The van der Waals surface area contributed by atoms with Crippen molar-refractivity contribution < 1.29 is 0 Å². The monoisotopic (exact) mass is 243 g/mol. The summed E-state index contributed by atoms with van der Waals surface area (Å²) in [5.74, 6) is 1.61. The summed E-state index contributed by atoms with van der Waals surface area (Å²) in [5.41, 5.74) is 1.92. The van der Waals surface area contributed by atoms with Gasteiger partial charge in [-0.05, 0) is 51.1 Å². The molecule has 18 heavy (non-hydrogen) atoms. The predicted molar refractivity (Wildman–Crippen MR) is 76.8 cm³/mol. The Hall–Kier alpha value is -0.820. The minimum Gasteiger partial charge on any atom is -0.294 e. The van der Waals surface area contributed by atoms with Crippen LogP contribution in [0.2, 0.25) is 0 Å². The fourth-order valence-electron chi connectivity index (χ4n) is 3.67. The Morgan fingerprint density at radius 2 is 1.89 bits per heavy atom. The van der Waals surface area contributed by atoms with Gasteiger partial charge in [0.15, 0.2) is 0 Å². The third-order valence-electron chi connectivity index (χ3n) is 5.37. The van der Waals surface area contributed by atoms with Gasteiger partial charge in [0.2, 0.25) is 0 Å². The minimum atomic E-state index is 0.381. The van der Waals surface area contributed by atoms with Crippen molar-refractivity contribution in [3.63, 3.8) is 0 Å². The van der Waals surface area contributed by atoms with E-state index in [0.717, 1.165) is 17.9 Å². The molecule has 0 radical (unpaired) electrons. The van der Waals surface area contributed by atoms with Crippen LogP contribution in [0.5, 0.6) is 0 Å². The Labute approximate surface area is 111 Å². The summed E-state index contributed by atoms with van der Waals surface area (Å²) in [7, 11) is 0. The van der Waals surface area contributed by atoms with E-state index in [-0.39, 0.29) is 0 Å². The molecule has 1 heterocycles. The summed E-state index contributed by atoms with van der Waals surface area (Å²) in [5, 5.41) is 0. The van der Waals surface area contributed by atoms with E-state index in [1.807, 2.05) is 0 Å². The molecule has 3 unspecified atom stereocenters. The van der Waals surface area contributed by atoms with Gasteiger partial charge in [0.1, 0.15) is 0 Å². The van der Waals surface area contributed by atoms with Gasteiger partial charge in [0.05, 0.1) is 0 Å². The van der Waals surface area contributed by atoms with E-state index in [1.54, 1.807) is 0 Å². The molecule has 1 aliphatic carbocycles. The van der Waals surface area contributed by atoms with Crippen LogP contribution in [0.4, 0.5) is 0 Å². The first-order chi connectivity index (χ1) is 8.60. The van der Waals surface area contributed by atoms with E-state index in [9.17, 15) is 0 Å². The smallest absolute Gasteiger partial charge is 0.0181 e. The summed E-state index contributed by atoms with van der Waals surface area (Å²) >= 11 is 0. The maximum absolute atomic E-state index is 2.79. The first-order valence-corrected chi connectivity index (χ1v) is 7.42. The van der Waals surface area contributed by atoms with Crippen LogP contribution < -0.4 is 0 Å². The molecule has 98 valence electrons. The van der Waals surface area contributed by atoms with Crippen LogP contribution in [0.15, 0.2) is 30.3 Å². The van der Waals surface area contributed by atoms with Gasteiger partial charge in [0.25, 0.3) is 0 Å². The fraction of sp³-hybridized carbons (Fsp3) is 0.647. The average Bonchev–Trinajstić information content (AvgIpc) is 3.14. The maximum Gasteiger partial charge on any atom is 0.0181 e. The highest BCUT2D eigenvalue weighted by Gasteiger charge is 2.49. The van der Waals surface area contributed by atoms with Gasteiger partial charge in [-0.3, -0.25) is 4.90 Å². The van der Waals surface area contributed by atoms with Crippen molar-refractivity contribution in [2.24, 2.45) is 5.92 Å². The molecule has 0 amide bonds. The second-order valence-corrected chi connectivity index (χ2v) is 6.71. The zero-order chi connectivity index (χ0) is 12.8. The van der Waals surface area contributed by atoms with Crippen molar-refractivity contribution in [1.82, 2.24) is 4.90 Å². The van der Waals surface area contributed by atoms with E-state index in [0.29, 0.717) is 5.54 Å². The van der Waals surface area contributed by atoms with Gasteiger partial charge in [-0.1, -0.05) is 37.3 Å². The van der Waals surface area contributed by atoms with E-state index in [2.05, 4.69) is 56.0 Å². The van der Waals surface area contributed by atoms with E-state index < -0.39 is 0 Å². The molecular weight excluding hydrogens is 218 g/mol. The van der Waals surface area contributed by atoms with E-state index >= 15 is 0 Å². The lowest BCUT2D eigenvalue weighted by molar-refractivity contribution is 0.0213. The van der Waals surface area contributed by atoms with Gasteiger partial charge in [-0.25, -0.2) is 0 Å². The maximum atomic E-state index is 2.79. The molecule has 1 aromatic carbocycles. The Morgan fingerprint density at radius 1 is 1.17 bits per heavy atom. The zero-order valence-corrected chi connectivity index (χ0v) is 11.9. The van der Waals surface area contributed by atoms with Crippen molar-refractivity contribution in [1.29, 1.82) is 0 Å². The number of hydrogen-bond acceptors (Lipinski definition) is 1. The lowest BCUT2D eigenvalue weighted by Gasteiger charge is -2.47. The van der Waals surface area contributed by atoms with Gasteiger partial charge >= 0.3 is 0 Å². The van der Waals surface area contributed by atoms with Crippen molar-refractivity contribution >= 4 is 0 Å². The first kappa shape index (κ1) is 12.2. The summed E-state index contributed by atoms with van der Waals surface area (Å²) in [4.78, 5) is 2.79. The molecule has 1 heteroatoms. The first-order valence-electron chi connectivity index (χ1n) is 7.42. The molecule has 3 atom stereocenters. The lowest BCUT2D eigenvalue weighted by Crippen LogP contribution is -2.53. The third-order valence-corrected chi connectivity index (χ3v) is 5.37. The Balaban J connectivity index is 1.74. The number of nitrogens with zero attached hydrogens (tertiary/aromatic N) is 1. The molecule has 3 rings (SSSR count). The summed E-state index contributed by atoms with van der Waals surface area (Å²) in [6, 6.07) is 11.9. The molecule has 1 aromatic rings. The van der Waals surface area contributed by atoms with Crippen LogP contribution in [0.1, 0.15) is 51.5 Å².